The summed E-state index contributed by atoms with van der Waals surface area (Å²) in [6, 6.07) is 3.85. The van der Waals surface area contributed by atoms with E-state index >= 15 is 0 Å². The Kier molecular flexibility index (Phi) is 3.45. The number of aliphatic hydroxyl groups is 1. The van der Waals surface area contributed by atoms with E-state index < -0.39 is 0 Å². The molecule has 15 heavy (non-hydrogen) atoms. The highest BCUT2D eigenvalue weighted by Gasteiger charge is 2.09. The zero-order chi connectivity index (χ0) is 10.7. The summed E-state index contributed by atoms with van der Waals surface area (Å²) in [5.41, 5.74) is 1.06. The van der Waals surface area contributed by atoms with Gasteiger partial charge in [0.15, 0.2) is 0 Å². The number of halogens is 1. The Morgan fingerprint density at radius 2 is 2.07 bits per heavy atom. The van der Waals surface area contributed by atoms with Crippen LogP contribution < -0.4 is 0 Å². The molecule has 2 rings (SSSR count). The van der Waals surface area contributed by atoms with Crippen molar-refractivity contribution in [3.8, 4) is 10.6 Å². The Morgan fingerprint density at radius 3 is 2.73 bits per heavy atom. The second-order valence-electron chi connectivity index (χ2n) is 2.94. The molecule has 5 heteroatoms. The topological polar surface area (TPSA) is 46.0 Å². The van der Waals surface area contributed by atoms with Gasteiger partial charge < -0.3 is 5.11 Å². The summed E-state index contributed by atoms with van der Waals surface area (Å²) in [5.74, 6) is 0. The molecular weight excluding hydrogens is 276 g/mol. The van der Waals surface area contributed by atoms with Gasteiger partial charge in [0.05, 0.1) is 0 Å². The van der Waals surface area contributed by atoms with Crippen LogP contribution in [0.2, 0.25) is 0 Å². The molecule has 0 radical (unpaired) electrons. The van der Waals surface area contributed by atoms with E-state index in [1.807, 2.05) is 12.1 Å². The van der Waals surface area contributed by atoms with Crippen molar-refractivity contribution >= 4 is 27.3 Å². The largest absolute Gasteiger partial charge is 0.396 e. The van der Waals surface area contributed by atoms with Gasteiger partial charge in [-0.25, -0.2) is 4.98 Å². The molecule has 78 valence electrons. The van der Waals surface area contributed by atoms with Crippen LogP contribution in [0.1, 0.15) is 4.88 Å². The monoisotopic (exact) mass is 284 g/mol. The molecular formula is C10H9BrN2OS. The van der Waals surface area contributed by atoms with Gasteiger partial charge in [-0.05, 0) is 28.1 Å². The molecule has 0 fully saturated rings. The maximum atomic E-state index is 8.87. The second-order valence-corrected chi connectivity index (χ2v) is 4.78. The van der Waals surface area contributed by atoms with Crippen LogP contribution in [-0.2, 0) is 6.42 Å². The van der Waals surface area contributed by atoms with E-state index in [0.29, 0.717) is 6.42 Å². The van der Waals surface area contributed by atoms with E-state index in [4.69, 9.17) is 5.11 Å². The van der Waals surface area contributed by atoms with Gasteiger partial charge in [0.25, 0.3) is 0 Å². The molecule has 0 amide bonds. The predicted octanol–water partition coefficient (Wildman–Crippen LogP) is 2.50. The molecule has 1 N–H and O–H groups in total. The van der Waals surface area contributed by atoms with Gasteiger partial charge in [-0.15, -0.1) is 11.3 Å². The third-order valence-corrected chi connectivity index (χ3v) is 4.00. The number of aromatic nitrogens is 2. The molecule has 3 nitrogen and oxygen atoms in total. The summed E-state index contributed by atoms with van der Waals surface area (Å²) in [6.45, 7) is 0.149. The summed E-state index contributed by atoms with van der Waals surface area (Å²) in [4.78, 5) is 9.43. The molecule has 0 aliphatic carbocycles. The Labute approximate surface area is 100.0 Å². The lowest BCUT2D eigenvalue weighted by molar-refractivity contribution is 0.300. The van der Waals surface area contributed by atoms with Gasteiger partial charge in [0.2, 0.25) is 0 Å². The average Bonchev–Trinajstić information content (AvgIpc) is 2.63. The fourth-order valence-electron chi connectivity index (χ4n) is 1.21. The van der Waals surface area contributed by atoms with Crippen LogP contribution in [0, 0.1) is 0 Å². The lowest BCUT2D eigenvalue weighted by Crippen LogP contribution is -1.86. The minimum absolute atomic E-state index is 0.149. The number of aliphatic hydroxyl groups excluding tert-OH is 1. The van der Waals surface area contributed by atoms with E-state index in [0.717, 1.165) is 20.1 Å². The second kappa shape index (κ2) is 4.83. The van der Waals surface area contributed by atoms with Crippen molar-refractivity contribution in [3.63, 3.8) is 0 Å². The normalized spacial score (nSPS) is 10.5. The molecule has 0 aromatic carbocycles. The molecule has 2 aromatic rings. The van der Waals surface area contributed by atoms with Crippen LogP contribution in [0.3, 0.4) is 0 Å². The van der Waals surface area contributed by atoms with E-state index in [9.17, 15) is 0 Å². The lowest BCUT2D eigenvalue weighted by atomic mass is 10.3. The van der Waals surface area contributed by atoms with Crippen molar-refractivity contribution in [2.24, 2.45) is 0 Å². The summed E-state index contributed by atoms with van der Waals surface area (Å²) in [6.07, 6.45) is 4.13. The van der Waals surface area contributed by atoms with Crippen molar-refractivity contribution in [2.45, 2.75) is 6.42 Å². The van der Waals surface area contributed by atoms with Crippen molar-refractivity contribution < 1.29 is 5.11 Å². The molecule has 0 spiro atoms. The number of nitrogens with zero attached hydrogens (tertiary/aromatic N) is 2. The maximum absolute atomic E-state index is 8.87. The Bertz CT molecular complexity index is 444. The standard InChI is InChI=1S/C10H9BrN2OS/c11-9-8(3-6-14)15-10(13-9)7-1-4-12-5-2-7/h1-2,4-5,14H,3,6H2. The molecule has 0 atom stereocenters. The van der Waals surface area contributed by atoms with Crippen molar-refractivity contribution in [3.05, 3.63) is 34.0 Å². The fourth-order valence-corrected chi connectivity index (χ4v) is 2.89. The van der Waals surface area contributed by atoms with Crippen LogP contribution in [0.4, 0.5) is 0 Å². The van der Waals surface area contributed by atoms with E-state index in [1.165, 1.54) is 0 Å². The number of thiazole rings is 1. The Balaban J connectivity index is 2.34. The first kappa shape index (κ1) is 10.7. The van der Waals surface area contributed by atoms with Crippen LogP contribution in [0.15, 0.2) is 29.1 Å². The molecule has 0 saturated heterocycles. The molecule has 0 unspecified atom stereocenters. The zero-order valence-corrected chi connectivity index (χ0v) is 10.3. The van der Waals surface area contributed by atoms with Gasteiger partial charge in [-0.3, -0.25) is 4.98 Å². The SMILES string of the molecule is OCCc1sc(-c2ccncc2)nc1Br. The van der Waals surface area contributed by atoms with Crippen LogP contribution in [0.5, 0.6) is 0 Å². The molecule has 2 heterocycles. The summed E-state index contributed by atoms with van der Waals surface area (Å²) < 4.78 is 0.827. The van der Waals surface area contributed by atoms with E-state index in [-0.39, 0.29) is 6.61 Å². The molecule has 2 aromatic heterocycles. The van der Waals surface area contributed by atoms with Crippen molar-refractivity contribution in [2.75, 3.05) is 6.61 Å². The van der Waals surface area contributed by atoms with Crippen LogP contribution in [0.25, 0.3) is 10.6 Å². The van der Waals surface area contributed by atoms with Gasteiger partial charge in [-0.1, -0.05) is 0 Å². The average molecular weight is 285 g/mol. The highest BCUT2D eigenvalue weighted by Crippen LogP contribution is 2.30. The van der Waals surface area contributed by atoms with E-state index in [1.54, 1.807) is 23.7 Å². The van der Waals surface area contributed by atoms with Gasteiger partial charge in [0, 0.05) is 35.9 Å². The quantitative estimate of drug-likeness (QED) is 0.942. The van der Waals surface area contributed by atoms with Gasteiger partial charge >= 0.3 is 0 Å². The summed E-state index contributed by atoms with van der Waals surface area (Å²) >= 11 is 4.98. The number of pyridine rings is 1. The highest BCUT2D eigenvalue weighted by atomic mass is 79.9. The summed E-state index contributed by atoms with van der Waals surface area (Å²) in [7, 11) is 0. The Morgan fingerprint density at radius 1 is 1.33 bits per heavy atom. The third-order valence-electron chi connectivity index (χ3n) is 1.92. The van der Waals surface area contributed by atoms with Crippen LogP contribution in [-0.4, -0.2) is 21.7 Å². The molecule has 0 aliphatic heterocycles. The minimum Gasteiger partial charge on any atom is -0.396 e. The molecule has 0 aliphatic rings. The first-order valence-electron chi connectivity index (χ1n) is 4.47. The smallest absolute Gasteiger partial charge is 0.125 e. The first-order chi connectivity index (χ1) is 7.31. The number of hydrogen-bond acceptors (Lipinski definition) is 4. The maximum Gasteiger partial charge on any atom is 0.125 e. The summed E-state index contributed by atoms with van der Waals surface area (Å²) in [5, 5.41) is 9.82. The predicted molar refractivity (Wildman–Crippen MR) is 63.8 cm³/mol. The fraction of sp³-hybridized carbons (Fsp3) is 0.200. The van der Waals surface area contributed by atoms with Gasteiger partial charge in [-0.2, -0.15) is 0 Å². The number of hydrogen-bond donors (Lipinski definition) is 1. The van der Waals surface area contributed by atoms with Crippen molar-refractivity contribution in [1.29, 1.82) is 0 Å². The van der Waals surface area contributed by atoms with Crippen molar-refractivity contribution in [1.82, 2.24) is 9.97 Å². The number of rotatable bonds is 3. The minimum atomic E-state index is 0.149. The van der Waals surface area contributed by atoms with Crippen LogP contribution >= 0.6 is 27.3 Å². The lowest BCUT2D eigenvalue weighted by Gasteiger charge is -1.92. The molecule has 0 bridgehead atoms. The zero-order valence-electron chi connectivity index (χ0n) is 7.85. The Hall–Kier alpha value is -0.780. The highest BCUT2D eigenvalue weighted by molar-refractivity contribution is 9.10. The molecule has 0 saturated carbocycles. The van der Waals surface area contributed by atoms with E-state index in [2.05, 4.69) is 25.9 Å². The third kappa shape index (κ3) is 2.42. The van der Waals surface area contributed by atoms with Gasteiger partial charge in [0.1, 0.15) is 9.61 Å². The first-order valence-corrected chi connectivity index (χ1v) is 6.08.